The van der Waals surface area contributed by atoms with Crippen LogP contribution in [-0.2, 0) is 13.6 Å². The maximum atomic E-state index is 5.37. The second-order valence-corrected chi connectivity index (χ2v) is 4.74. The summed E-state index contributed by atoms with van der Waals surface area (Å²) in [6, 6.07) is 0. The first-order valence-electron chi connectivity index (χ1n) is 3.94. The minimum Gasteiger partial charge on any atom is -0.312 e. The summed E-state index contributed by atoms with van der Waals surface area (Å²) < 4.78 is 16.0. The van der Waals surface area contributed by atoms with Gasteiger partial charge in [-0.15, -0.1) is 6.58 Å². The minimum atomic E-state index is -1.11. The van der Waals surface area contributed by atoms with Crippen LogP contribution in [0.4, 0.5) is 0 Å². The first kappa shape index (κ1) is 10.1. The predicted octanol–water partition coefficient (Wildman–Crippen LogP) is 2.49. The van der Waals surface area contributed by atoms with Crippen molar-refractivity contribution in [3.05, 3.63) is 12.7 Å². The van der Waals surface area contributed by atoms with E-state index in [0.717, 1.165) is 0 Å². The van der Waals surface area contributed by atoms with Crippen LogP contribution in [0.2, 0.25) is 0 Å². The summed E-state index contributed by atoms with van der Waals surface area (Å²) in [6.07, 6.45) is 1.69. The highest BCUT2D eigenvalue weighted by Gasteiger charge is 2.29. The quantitative estimate of drug-likeness (QED) is 0.505. The van der Waals surface area contributed by atoms with E-state index in [1.54, 1.807) is 6.08 Å². The average molecular weight is 190 g/mol. The minimum absolute atomic E-state index is 0.121. The molecule has 0 aliphatic carbocycles. The second-order valence-electron chi connectivity index (χ2n) is 3.52. The van der Waals surface area contributed by atoms with E-state index in [9.17, 15) is 0 Å². The maximum Gasteiger partial charge on any atom is 0.333 e. The lowest BCUT2D eigenvalue weighted by atomic mass is 9.97. The Bertz CT molecular complexity index is 148. The van der Waals surface area contributed by atoms with Gasteiger partial charge in [0.1, 0.15) is 0 Å². The zero-order valence-electron chi connectivity index (χ0n) is 7.58. The van der Waals surface area contributed by atoms with Gasteiger partial charge in [0, 0.05) is 5.41 Å². The SMILES string of the molecule is C=CCOP1OCC(C)(C)CO1. The molecule has 0 N–H and O–H groups in total. The van der Waals surface area contributed by atoms with Crippen LogP contribution < -0.4 is 0 Å². The van der Waals surface area contributed by atoms with E-state index in [0.29, 0.717) is 19.8 Å². The van der Waals surface area contributed by atoms with Crippen LogP contribution in [0.5, 0.6) is 0 Å². The van der Waals surface area contributed by atoms with E-state index in [1.165, 1.54) is 0 Å². The van der Waals surface area contributed by atoms with Crippen LogP contribution in [0.1, 0.15) is 13.8 Å². The molecule has 3 nitrogen and oxygen atoms in total. The lowest BCUT2D eigenvalue weighted by Gasteiger charge is -2.32. The Labute approximate surface area is 74.7 Å². The highest BCUT2D eigenvalue weighted by molar-refractivity contribution is 7.41. The Morgan fingerprint density at radius 1 is 1.50 bits per heavy atom. The summed E-state index contributed by atoms with van der Waals surface area (Å²) in [5.74, 6) is 0. The summed E-state index contributed by atoms with van der Waals surface area (Å²) in [5.41, 5.74) is 0.121. The molecule has 1 rings (SSSR count). The molecule has 0 aromatic heterocycles. The Balaban J connectivity index is 2.22. The Kier molecular flexibility index (Phi) is 3.66. The van der Waals surface area contributed by atoms with Gasteiger partial charge >= 0.3 is 8.60 Å². The van der Waals surface area contributed by atoms with Crippen LogP contribution >= 0.6 is 8.60 Å². The number of hydrogen-bond donors (Lipinski definition) is 0. The van der Waals surface area contributed by atoms with Crippen molar-refractivity contribution < 1.29 is 13.6 Å². The fourth-order valence-corrected chi connectivity index (χ4v) is 2.08. The van der Waals surface area contributed by atoms with Gasteiger partial charge in [-0.25, -0.2) is 0 Å². The molecule has 0 atom stereocenters. The smallest absolute Gasteiger partial charge is 0.312 e. The van der Waals surface area contributed by atoms with Gasteiger partial charge in [-0.1, -0.05) is 19.9 Å². The van der Waals surface area contributed by atoms with Gasteiger partial charge in [0.2, 0.25) is 0 Å². The molecule has 1 fully saturated rings. The molecular formula is C8H15O3P. The monoisotopic (exact) mass is 190 g/mol. The summed E-state index contributed by atoms with van der Waals surface area (Å²) in [7, 11) is -1.11. The van der Waals surface area contributed by atoms with Crippen LogP contribution in [0, 0.1) is 5.41 Å². The molecule has 1 saturated heterocycles. The van der Waals surface area contributed by atoms with Crippen molar-refractivity contribution in [2.24, 2.45) is 5.41 Å². The zero-order chi connectivity index (χ0) is 9.03. The molecule has 1 aliphatic heterocycles. The molecule has 0 aromatic rings. The first-order valence-corrected chi connectivity index (χ1v) is 5.03. The van der Waals surface area contributed by atoms with Gasteiger partial charge in [-0.05, 0) is 0 Å². The Morgan fingerprint density at radius 2 is 2.08 bits per heavy atom. The van der Waals surface area contributed by atoms with Crippen molar-refractivity contribution in [3.63, 3.8) is 0 Å². The fourth-order valence-electron chi connectivity index (χ4n) is 0.722. The molecule has 0 bridgehead atoms. The fraction of sp³-hybridized carbons (Fsp3) is 0.750. The highest BCUT2D eigenvalue weighted by atomic mass is 31.2. The summed E-state index contributed by atoms with van der Waals surface area (Å²) in [5, 5.41) is 0. The lowest BCUT2D eigenvalue weighted by Crippen LogP contribution is -2.28. The molecule has 1 aliphatic rings. The summed E-state index contributed by atoms with van der Waals surface area (Å²) in [4.78, 5) is 0. The third-order valence-corrected chi connectivity index (χ3v) is 2.46. The van der Waals surface area contributed by atoms with Crippen molar-refractivity contribution in [1.29, 1.82) is 0 Å². The van der Waals surface area contributed by atoms with E-state index in [4.69, 9.17) is 13.6 Å². The number of rotatable bonds is 3. The molecule has 0 amide bonds. The molecule has 0 unspecified atom stereocenters. The van der Waals surface area contributed by atoms with Crippen molar-refractivity contribution in [2.75, 3.05) is 19.8 Å². The molecule has 70 valence electrons. The predicted molar refractivity (Wildman–Crippen MR) is 48.8 cm³/mol. The normalized spacial score (nSPS) is 23.8. The Morgan fingerprint density at radius 3 is 2.58 bits per heavy atom. The van der Waals surface area contributed by atoms with Gasteiger partial charge in [0.05, 0.1) is 19.8 Å². The van der Waals surface area contributed by atoms with Crippen LogP contribution in [0.3, 0.4) is 0 Å². The van der Waals surface area contributed by atoms with E-state index in [1.807, 2.05) is 0 Å². The second kappa shape index (κ2) is 4.33. The summed E-state index contributed by atoms with van der Waals surface area (Å²) in [6.45, 7) is 9.66. The molecular weight excluding hydrogens is 175 g/mol. The van der Waals surface area contributed by atoms with Gasteiger partial charge in [0.25, 0.3) is 0 Å². The number of hydrogen-bond acceptors (Lipinski definition) is 3. The van der Waals surface area contributed by atoms with Gasteiger partial charge in [0.15, 0.2) is 0 Å². The molecule has 1 heterocycles. The molecule has 0 spiro atoms. The van der Waals surface area contributed by atoms with Crippen molar-refractivity contribution in [2.45, 2.75) is 13.8 Å². The third kappa shape index (κ3) is 3.20. The average Bonchev–Trinajstić information content (AvgIpc) is 2.03. The molecule has 0 aromatic carbocycles. The van der Waals surface area contributed by atoms with Crippen molar-refractivity contribution in [1.82, 2.24) is 0 Å². The molecule has 0 saturated carbocycles. The molecule has 12 heavy (non-hydrogen) atoms. The maximum absolute atomic E-state index is 5.37. The van der Waals surface area contributed by atoms with E-state index in [-0.39, 0.29) is 5.41 Å². The zero-order valence-corrected chi connectivity index (χ0v) is 8.47. The lowest BCUT2D eigenvalue weighted by molar-refractivity contribution is 0.0306. The van der Waals surface area contributed by atoms with Crippen LogP contribution in [0.25, 0.3) is 0 Å². The van der Waals surface area contributed by atoms with Gasteiger partial charge < -0.3 is 13.6 Å². The topological polar surface area (TPSA) is 27.7 Å². The van der Waals surface area contributed by atoms with Gasteiger partial charge in [-0.3, -0.25) is 0 Å². The van der Waals surface area contributed by atoms with Crippen LogP contribution in [-0.4, -0.2) is 19.8 Å². The molecule has 0 radical (unpaired) electrons. The van der Waals surface area contributed by atoms with E-state index >= 15 is 0 Å². The summed E-state index contributed by atoms with van der Waals surface area (Å²) >= 11 is 0. The first-order chi connectivity index (χ1) is 5.64. The molecule has 4 heteroatoms. The van der Waals surface area contributed by atoms with Crippen LogP contribution in [0.15, 0.2) is 12.7 Å². The standard InChI is InChI=1S/C8H15O3P/c1-4-5-9-12-10-6-8(2,3)7-11-12/h4H,1,5-7H2,2-3H3. The highest BCUT2D eigenvalue weighted by Crippen LogP contribution is 2.46. The largest absolute Gasteiger partial charge is 0.333 e. The van der Waals surface area contributed by atoms with Gasteiger partial charge in [-0.2, -0.15) is 0 Å². The van der Waals surface area contributed by atoms with E-state index < -0.39 is 8.60 Å². The third-order valence-electron chi connectivity index (χ3n) is 1.42. The van der Waals surface area contributed by atoms with E-state index in [2.05, 4.69) is 20.4 Å². The Hall–Kier alpha value is 0.0500. The van der Waals surface area contributed by atoms with Crippen molar-refractivity contribution in [3.8, 4) is 0 Å². The van der Waals surface area contributed by atoms with Crippen molar-refractivity contribution >= 4 is 8.60 Å².